The Morgan fingerprint density at radius 1 is 1.36 bits per heavy atom. The first kappa shape index (κ1) is 19.2. The molecule has 1 unspecified atom stereocenters. The normalized spacial score (nSPS) is 19.2. The molecule has 0 amide bonds. The molecule has 5 heteroatoms. The van der Waals surface area contributed by atoms with Crippen molar-refractivity contribution in [2.75, 3.05) is 19.6 Å². The third-order valence-electron chi connectivity index (χ3n) is 3.87. The Bertz CT molecular complexity index is 447. The Kier molecular flexibility index (Phi) is 8.78. The summed E-state index contributed by atoms with van der Waals surface area (Å²) in [5.74, 6) is 1.13. The van der Waals surface area contributed by atoms with Crippen molar-refractivity contribution in [2.24, 2.45) is 16.6 Å². The molecule has 0 radical (unpaired) electrons. The molecule has 0 saturated carbocycles. The third-order valence-corrected chi connectivity index (χ3v) is 3.87. The van der Waals surface area contributed by atoms with E-state index in [0.717, 1.165) is 19.6 Å². The molecule has 2 rings (SSSR count). The van der Waals surface area contributed by atoms with Gasteiger partial charge in [-0.15, -0.1) is 24.0 Å². The number of benzene rings is 1. The molecule has 1 saturated heterocycles. The van der Waals surface area contributed by atoms with E-state index < -0.39 is 0 Å². The summed E-state index contributed by atoms with van der Waals surface area (Å²) in [6.07, 6.45) is 2.50. The lowest BCUT2D eigenvalue weighted by atomic mass is 10.2. The average molecular weight is 416 g/mol. The van der Waals surface area contributed by atoms with Crippen molar-refractivity contribution in [3.8, 4) is 0 Å². The van der Waals surface area contributed by atoms with Crippen molar-refractivity contribution < 1.29 is 0 Å². The van der Waals surface area contributed by atoms with Gasteiger partial charge in [0.2, 0.25) is 0 Å². The van der Waals surface area contributed by atoms with E-state index >= 15 is 0 Å². The predicted octanol–water partition coefficient (Wildman–Crippen LogP) is 2.83. The number of aliphatic imine (C=N–C) groups is 1. The second kappa shape index (κ2) is 10.0. The molecular formula is C17H29IN4. The van der Waals surface area contributed by atoms with Crippen LogP contribution in [0.3, 0.4) is 0 Å². The van der Waals surface area contributed by atoms with Crippen molar-refractivity contribution >= 4 is 29.9 Å². The fourth-order valence-electron chi connectivity index (χ4n) is 2.71. The molecule has 0 aromatic heterocycles. The van der Waals surface area contributed by atoms with Crippen LogP contribution in [-0.4, -0.2) is 36.5 Å². The predicted molar refractivity (Wildman–Crippen MR) is 105 cm³/mol. The largest absolute Gasteiger partial charge is 0.370 e. The Balaban J connectivity index is 0.00000242. The van der Waals surface area contributed by atoms with E-state index in [1.807, 2.05) is 0 Å². The average Bonchev–Trinajstić information content (AvgIpc) is 2.91. The maximum absolute atomic E-state index is 5.92. The Morgan fingerprint density at radius 3 is 2.77 bits per heavy atom. The van der Waals surface area contributed by atoms with Crippen LogP contribution >= 0.6 is 24.0 Å². The highest BCUT2D eigenvalue weighted by atomic mass is 127. The summed E-state index contributed by atoms with van der Waals surface area (Å²) in [6, 6.07) is 11.2. The standard InChI is InChI=1S/C17H28N4.HI/c1-14(2)11-19-17(18)20-12-16-9-6-10-21(16)13-15-7-4-3-5-8-15;/h3-5,7-8,14,16H,6,9-13H2,1-2H3,(H3,18,19,20);1H. The molecule has 1 fully saturated rings. The van der Waals surface area contributed by atoms with Gasteiger partial charge in [-0.1, -0.05) is 44.2 Å². The van der Waals surface area contributed by atoms with Crippen molar-refractivity contribution in [1.29, 1.82) is 0 Å². The molecule has 22 heavy (non-hydrogen) atoms. The van der Waals surface area contributed by atoms with Gasteiger partial charge in [0, 0.05) is 25.7 Å². The Morgan fingerprint density at radius 2 is 2.09 bits per heavy atom. The number of halogens is 1. The second-order valence-electron chi connectivity index (χ2n) is 6.25. The van der Waals surface area contributed by atoms with Crippen LogP contribution in [0.2, 0.25) is 0 Å². The lowest BCUT2D eigenvalue weighted by Crippen LogP contribution is -2.42. The molecule has 4 nitrogen and oxygen atoms in total. The number of nitrogens with one attached hydrogen (secondary N) is 1. The zero-order chi connectivity index (χ0) is 15.1. The van der Waals surface area contributed by atoms with Crippen LogP contribution in [0.4, 0.5) is 0 Å². The summed E-state index contributed by atoms with van der Waals surface area (Å²) in [7, 11) is 0. The van der Waals surface area contributed by atoms with E-state index in [0.29, 0.717) is 17.9 Å². The topological polar surface area (TPSA) is 53.6 Å². The van der Waals surface area contributed by atoms with Gasteiger partial charge in [-0.05, 0) is 30.9 Å². The minimum Gasteiger partial charge on any atom is -0.370 e. The van der Waals surface area contributed by atoms with Crippen LogP contribution in [0.5, 0.6) is 0 Å². The number of hydrogen-bond acceptors (Lipinski definition) is 2. The summed E-state index contributed by atoms with van der Waals surface area (Å²) in [5.41, 5.74) is 7.30. The van der Waals surface area contributed by atoms with Crippen LogP contribution in [-0.2, 0) is 6.54 Å². The number of nitrogens with two attached hydrogens (primary N) is 1. The van der Waals surface area contributed by atoms with Gasteiger partial charge >= 0.3 is 0 Å². The summed E-state index contributed by atoms with van der Waals surface area (Å²) >= 11 is 0. The first-order chi connectivity index (χ1) is 10.1. The van der Waals surface area contributed by atoms with Gasteiger partial charge in [0.25, 0.3) is 0 Å². The highest BCUT2D eigenvalue weighted by molar-refractivity contribution is 14.0. The van der Waals surface area contributed by atoms with Crippen LogP contribution < -0.4 is 11.1 Å². The van der Waals surface area contributed by atoms with Gasteiger partial charge in [-0.2, -0.15) is 0 Å². The van der Waals surface area contributed by atoms with Crippen molar-refractivity contribution in [3.05, 3.63) is 35.9 Å². The maximum atomic E-state index is 5.92. The van der Waals surface area contributed by atoms with E-state index in [-0.39, 0.29) is 24.0 Å². The summed E-state index contributed by atoms with van der Waals surface area (Å²) in [5, 5.41) is 3.28. The fourth-order valence-corrected chi connectivity index (χ4v) is 2.71. The third kappa shape index (κ3) is 6.52. The van der Waals surface area contributed by atoms with Gasteiger partial charge in [-0.25, -0.2) is 0 Å². The molecule has 1 heterocycles. The lowest BCUT2D eigenvalue weighted by Gasteiger charge is -2.25. The molecule has 1 aliphatic rings. The van der Waals surface area contributed by atoms with Gasteiger partial charge in [0.05, 0.1) is 0 Å². The minimum atomic E-state index is 0. The molecule has 0 aliphatic carbocycles. The zero-order valence-corrected chi connectivity index (χ0v) is 16.0. The molecule has 124 valence electrons. The molecule has 1 aliphatic heterocycles. The summed E-state index contributed by atoms with van der Waals surface area (Å²) in [6.45, 7) is 8.17. The monoisotopic (exact) mass is 416 g/mol. The van der Waals surface area contributed by atoms with Gasteiger partial charge in [-0.3, -0.25) is 9.89 Å². The van der Waals surface area contributed by atoms with E-state index in [1.165, 1.54) is 24.9 Å². The van der Waals surface area contributed by atoms with E-state index in [4.69, 9.17) is 5.73 Å². The molecular weight excluding hydrogens is 387 g/mol. The number of guanidine groups is 1. The van der Waals surface area contributed by atoms with Crippen molar-refractivity contribution in [1.82, 2.24) is 10.2 Å². The SMILES string of the molecule is CC(C)CN=C(N)NCC1CCCN1Cc1ccccc1.I. The van der Waals surface area contributed by atoms with E-state index in [2.05, 4.69) is 59.4 Å². The van der Waals surface area contributed by atoms with Gasteiger partial charge < -0.3 is 11.1 Å². The van der Waals surface area contributed by atoms with E-state index in [1.54, 1.807) is 0 Å². The van der Waals surface area contributed by atoms with Gasteiger partial charge in [0.15, 0.2) is 5.96 Å². The first-order valence-corrected chi connectivity index (χ1v) is 7.97. The number of hydrogen-bond donors (Lipinski definition) is 2. The Labute approximate surface area is 151 Å². The smallest absolute Gasteiger partial charge is 0.188 e. The van der Waals surface area contributed by atoms with E-state index in [9.17, 15) is 0 Å². The maximum Gasteiger partial charge on any atom is 0.188 e. The highest BCUT2D eigenvalue weighted by Gasteiger charge is 2.24. The van der Waals surface area contributed by atoms with Crippen molar-refractivity contribution in [3.63, 3.8) is 0 Å². The highest BCUT2D eigenvalue weighted by Crippen LogP contribution is 2.19. The minimum absolute atomic E-state index is 0. The number of rotatable bonds is 6. The summed E-state index contributed by atoms with van der Waals surface area (Å²) < 4.78 is 0. The van der Waals surface area contributed by atoms with Crippen LogP contribution in [0, 0.1) is 5.92 Å². The molecule has 1 atom stereocenters. The molecule has 3 N–H and O–H groups in total. The molecule has 1 aromatic carbocycles. The van der Waals surface area contributed by atoms with Gasteiger partial charge in [0.1, 0.15) is 0 Å². The molecule has 0 bridgehead atoms. The Hall–Kier alpha value is -0.820. The lowest BCUT2D eigenvalue weighted by molar-refractivity contribution is 0.245. The number of likely N-dealkylation sites (tertiary alicyclic amines) is 1. The quantitative estimate of drug-likeness (QED) is 0.426. The van der Waals surface area contributed by atoms with Crippen LogP contribution in [0.1, 0.15) is 32.3 Å². The summed E-state index contributed by atoms with van der Waals surface area (Å²) in [4.78, 5) is 6.90. The zero-order valence-electron chi connectivity index (χ0n) is 13.7. The molecule has 0 spiro atoms. The number of nitrogens with zero attached hydrogens (tertiary/aromatic N) is 2. The second-order valence-corrected chi connectivity index (χ2v) is 6.25. The molecule has 1 aromatic rings. The fraction of sp³-hybridized carbons (Fsp3) is 0.588. The van der Waals surface area contributed by atoms with Crippen molar-refractivity contribution in [2.45, 2.75) is 39.3 Å². The van der Waals surface area contributed by atoms with Crippen LogP contribution in [0.25, 0.3) is 0 Å². The van der Waals surface area contributed by atoms with Crippen LogP contribution in [0.15, 0.2) is 35.3 Å². The first-order valence-electron chi connectivity index (χ1n) is 7.97.